The molecule has 0 fully saturated rings. The van der Waals surface area contributed by atoms with Crippen LogP contribution < -0.4 is 5.32 Å². The molecule has 0 atom stereocenters. The Morgan fingerprint density at radius 1 is 1.58 bits per heavy atom. The highest BCUT2D eigenvalue weighted by atomic mass is 19.1. The van der Waals surface area contributed by atoms with Gasteiger partial charge in [-0.25, -0.2) is 14.2 Å². The first-order valence-electron chi connectivity index (χ1n) is 5.48. The molecule has 19 heavy (non-hydrogen) atoms. The summed E-state index contributed by atoms with van der Waals surface area (Å²) >= 11 is 0. The van der Waals surface area contributed by atoms with Gasteiger partial charge >= 0.3 is 5.97 Å². The molecule has 0 radical (unpaired) electrons. The summed E-state index contributed by atoms with van der Waals surface area (Å²) < 4.78 is 17.7. The molecule has 2 N–H and O–H groups in total. The first-order chi connectivity index (χ1) is 9.06. The van der Waals surface area contributed by atoms with Crippen molar-refractivity contribution in [3.63, 3.8) is 0 Å². The number of aromatic carboxylic acids is 1. The predicted molar refractivity (Wildman–Crippen MR) is 62.4 cm³/mol. The lowest BCUT2D eigenvalue weighted by Gasteiger charge is -2.07. The van der Waals surface area contributed by atoms with Crippen molar-refractivity contribution in [2.24, 2.45) is 0 Å². The number of nitrogens with zero attached hydrogens (tertiary/aromatic N) is 3. The van der Waals surface area contributed by atoms with Crippen molar-refractivity contribution in [3.05, 3.63) is 35.4 Å². The Balaban J connectivity index is 2.01. The second-order valence-corrected chi connectivity index (χ2v) is 3.76. The van der Waals surface area contributed by atoms with Gasteiger partial charge in [0.25, 0.3) is 0 Å². The van der Waals surface area contributed by atoms with Crippen LogP contribution in [0.2, 0.25) is 0 Å². The lowest BCUT2D eigenvalue weighted by Crippen LogP contribution is -2.12. The SMILES string of the molecule is Cc1nc(CCNc2ncc(F)cc2C(=O)O)no1. The zero-order valence-corrected chi connectivity index (χ0v) is 10.1. The van der Waals surface area contributed by atoms with Gasteiger partial charge in [-0.05, 0) is 6.07 Å². The van der Waals surface area contributed by atoms with E-state index in [1.165, 1.54) is 0 Å². The summed E-state index contributed by atoms with van der Waals surface area (Å²) in [5.74, 6) is -0.874. The number of carbonyl (C=O) groups is 1. The summed E-state index contributed by atoms with van der Waals surface area (Å²) in [4.78, 5) is 18.6. The minimum atomic E-state index is -1.25. The number of hydrogen-bond donors (Lipinski definition) is 2. The van der Waals surface area contributed by atoms with Crippen LogP contribution in [0.25, 0.3) is 0 Å². The molecule has 0 aliphatic carbocycles. The molecule has 7 nitrogen and oxygen atoms in total. The van der Waals surface area contributed by atoms with Crippen LogP contribution in [0.4, 0.5) is 10.2 Å². The van der Waals surface area contributed by atoms with Gasteiger partial charge in [0.2, 0.25) is 5.89 Å². The number of carboxylic acids is 1. The lowest BCUT2D eigenvalue weighted by molar-refractivity contribution is 0.0697. The van der Waals surface area contributed by atoms with Gasteiger partial charge < -0.3 is 14.9 Å². The van der Waals surface area contributed by atoms with E-state index in [0.717, 1.165) is 12.3 Å². The molecule has 0 saturated carbocycles. The minimum absolute atomic E-state index is 0.106. The van der Waals surface area contributed by atoms with Crippen molar-refractivity contribution in [1.82, 2.24) is 15.1 Å². The Morgan fingerprint density at radius 3 is 3.00 bits per heavy atom. The van der Waals surface area contributed by atoms with Crippen molar-refractivity contribution in [3.8, 4) is 0 Å². The van der Waals surface area contributed by atoms with Crippen LogP contribution in [-0.2, 0) is 6.42 Å². The maximum absolute atomic E-state index is 12.9. The average Bonchev–Trinajstić information content (AvgIpc) is 2.77. The number of nitrogens with one attached hydrogen (secondary N) is 1. The maximum Gasteiger partial charge on any atom is 0.339 e. The number of hydrogen-bond acceptors (Lipinski definition) is 6. The Hall–Kier alpha value is -2.51. The van der Waals surface area contributed by atoms with Gasteiger partial charge in [0.05, 0.1) is 6.20 Å². The zero-order valence-electron chi connectivity index (χ0n) is 10.1. The Kier molecular flexibility index (Phi) is 3.69. The second kappa shape index (κ2) is 5.42. The van der Waals surface area contributed by atoms with E-state index < -0.39 is 11.8 Å². The summed E-state index contributed by atoms with van der Waals surface area (Å²) in [5.41, 5.74) is -0.218. The van der Waals surface area contributed by atoms with Gasteiger partial charge in [-0.2, -0.15) is 4.98 Å². The molecule has 0 unspecified atom stereocenters. The molecule has 0 spiro atoms. The molecule has 2 heterocycles. The van der Waals surface area contributed by atoms with Crippen molar-refractivity contribution < 1.29 is 18.8 Å². The standard InChI is InChI=1S/C11H11FN4O3/c1-6-15-9(16-19-6)2-3-13-10-8(11(17)18)4-7(12)5-14-10/h4-5H,2-3H2,1H3,(H,13,14)(H,17,18). The Bertz CT molecular complexity index is 599. The van der Waals surface area contributed by atoms with E-state index in [1.807, 2.05) is 0 Å². The van der Waals surface area contributed by atoms with Crippen molar-refractivity contribution in [2.45, 2.75) is 13.3 Å². The van der Waals surface area contributed by atoms with E-state index in [4.69, 9.17) is 9.63 Å². The highest BCUT2D eigenvalue weighted by Gasteiger charge is 2.12. The zero-order chi connectivity index (χ0) is 13.8. The number of rotatable bonds is 5. The van der Waals surface area contributed by atoms with E-state index in [0.29, 0.717) is 24.7 Å². The van der Waals surface area contributed by atoms with Crippen LogP contribution in [0.1, 0.15) is 22.1 Å². The van der Waals surface area contributed by atoms with Crippen LogP contribution in [0.15, 0.2) is 16.8 Å². The smallest absolute Gasteiger partial charge is 0.339 e. The van der Waals surface area contributed by atoms with Gasteiger partial charge in [0.1, 0.15) is 17.2 Å². The number of pyridine rings is 1. The number of aromatic nitrogens is 3. The fraction of sp³-hybridized carbons (Fsp3) is 0.273. The van der Waals surface area contributed by atoms with Crippen LogP contribution in [0.5, 0.6) is 0 Å². The first kappa shape index (κ1) is 12.9. The van der Waals surface area contributed by atoms with Crippen LogP contribution in [-0.4, -0.2) is 32.7 Å². The van der Waals surface area contributed by atoms with E-state index in [9.17, 15) is 9.18 Å². The van der Waals surface area contributed by atoms with Crippen LogP contribution in [0.3, 0.4) is 0 Å². The summed E-state index contributed by atoms with van der Waals surface area (Å²) in [5, 5.41) is 15.4. The van der Waals surface area contributed by atoms with Gasteiger partial charge in [-0.1, -0.05) is 5.16 Å². The normalized spacial score (nSPS) is 10.4. The molecule has 8 heteroatoms. The first-order valence-corrected chi connectivity index (χ1v) is 5.48. The minimum Gasteiger partial charge on any atom is -0.478 e. The van der Waals surface area contributed by atoms with Gasteiger partial charge in [-0.15, -0.1) is 0 Å². The van der Waals surface area contributed by atoms with Gasteiger partial charge in [-0.3, -0.25) is 0 Å². The van der Waals surface area contributed by atoms with Crippen LogP contribution in [0, 0.1) is 12.7 Å². The van der Waals surface area contributed by atoms with Crippen molar-refractivity contribution in [1.29, 1.82) is 0 Å². The summed E-state index contributed by atoms with van der Waals surface area (Å²) in [6.07, 6.45) is 1.39. The average molecular weight is 266 g/mol. The lowest BCUT2D eigenvalue weighted by atomic mass is 10.2. The molecule has 0 aromatic carbocycles. The Labute approximate surface area is 107 Å². The molecule has 0 aliphatic rings. The fourth-order valence-electron chi connectivity index (χ4n) is 1.48. The third-order valence-corrected chi connectivity index (χ3v) is 2.30. The molecule has 0 saturated heterocycles. The van der Waals surface area contributed by atoms with Crippen molar-refractivity contribution >= 4 is 11.8 Å². The molecule has 0 aliphatic heterocycles. The van der Waals surface area contributed by atoms with E-state index in [1.54, 1.807) is 6.92 Å². The van der Waals surface area contributed by atoms with Gasteiger partial charge in [0.15, 0.2) is 5.82 Å². The number of anilines is 1. The molecular weight excluding hydrogens is 255 g/mol. The third kappa shape index (κ3) is 3.24. The molecule has 2 aromatic heterocycles. The largest absolute Gasteiger partial charge is 0.478 e. The summed E-state index contributed by atoms with van der Waals surface area (Å²) in [7, 11) is 0. The number of aryl methyl sites for hydroxylation is 1. The molecule has 0 bridgehead atoms. The molecule has 100 valence electrons. The summed E-state index contributed by atoms with van der Waals surface area (Å²) in [6, 6.07) is 0.913. The Morgan fingerprint density at radius 2 is 2.37 bits per heavy atom. The number of carboxylic acid groups (broad SMARTS) is 1. The fourth-order valence-corrected chi connectivity index (χ4v) is 1.48. The van der Waals surface area contributed by atoms with Crippen molar-refractivity contribution in [2.75, 3.05) is 11.9 Å². The quantitative estimate of drug-likeness (QED) is 0.840. The topological polar surface area (TPSA) is 101 Å². The monoisotopic (exact) mass is 266 g/mol. The highest BCUT2D eigenvalue weighted by Crippen LogP contribution is 2.13. The maximum atomic E-state index is 12.9. The van der Waals surface area contributed by atoms with E-state index in [2.05, 4.69) is 20.4 Å². The second-order valence-electron chi connectivity index (χ2n) is 3.76. The van der Waals surface area contributed by atoms with Crippen LogP contribution >= 0.6 is 0 Å². The molecule has 0 amide bonds. The molecular formula is C11H11FN4O3. The summed E-state index contributed by atoms with van der Waals surface area (Å²) in [6.45, 7) is 2.03. The number of halogens is 1. The predicted octanol–water partition coefficient (Wildman–Crippen LogP) is 1.26. The molecule has 2 rings (SSSR count). The van der Waals surface area contributed by atoms with Gasteiger partial charge in [0, 0.05) is 19.9 Å². The molecule has 2 aromatic rings. The van der Waals surface area contributed by atoms with E-state index in [-0.39, 0.29) is 11.4 Å². The highest BCUT2D eigenvalue weighted by molar-refractivity contribution is 5.93. The van der Waals surface area contributed by atoms with E-state index >= 15 is 0 Å². The third-order valence-electron chi connectivity index (χ3n) is 2.30.